The zero-order valence-corrected chi connectivity index (χ0v) is 9.64. The molecule has 0 amide bonds. The highest BCUT2D eigenvalue weighted by Gasteiger charge is 2.54. The van der Waals surface area contributed by atoms with Crippen LogP contribution in [0.3, 0.4) is 0 Å². The van der Waals surface area contributed by atoms with E-state index in [1.54, 1.807) is 6.20 Å². The highest BCUT2D eigenvalue weighted by Crippen LogP contribution is 2.50. The van der Waals surface area contributed by atoms with Gasteiger partial charge in [0.1, 0.15) is 6.04 Å². The van der Waals surface area contributed by atoms with Crippen molar-refractivity contribution >= 4 is 5.97 Å². The van der Waals surface area contributed by atoms with Crippen LogP contribution in [0.15, 0.2) is 12.3 Å². The number of aromatic nitrogens is 2. The number of carbonyl (C=O) groups is 1. The van der Waals surface area contributed by atoms with Crippen LogP contribution in [-0.4, -0.2) is 28.9 Å². The minimum Gasteiger partial charge on any atom is -0.468 e. The quantitative estimate of drug-likeness (QED) is 0.752. The summed E-state index contributed by atoms with van der Waals surface area (Å²) in [5.74, 6) is -0.346. The van der Waals surface area contributed by atoms with Gasteiger partial charge in [0.25, 0.3) is 0 Å². The summed E-state index contributed by atoms with van der Waals surface area (Å²) in [5, 5.41) is 4.22. The van der Waals surface area contributed by atoms with Gasteiger partial charge in [-0.05, 0) is 25.8 Å². The van der Waals surface area contributed by atoms with Crippen molar-refractivity contribution in [1.82, 2.24) is 9.78 Å². The third-order valence-corrected chi connectivity index (χ3v) is 3.37. The van der Waals surface area contributed by atoms with Gasteiger partial charge in [-0.2, -0.15) is 5.10 Å². The molecule has 5 nitrogen and oxygen atoms in total. The molecule has 0 saturated heterocycles. The third kappa shape index (κ3) is 1.51. The Hall–Kier alpha value is -1.36. The molecule has 0 bridgehead atoms. The fourth-order valence-corrected chi connectivity index (χ4v) is 2.22. The number of hydrogen-bond donors (Lipinski definition) is 1. The van der Waals surface area contributed by atoms with E-state index in [0.717, 1.165) is 25.1 Å². The molecule has 1 heterocycles. The Morgan fingerprint density at radius 2 is 2.44 bits per heavy atom. The zero-order chi connectivity index (χ0) is 11.8. The highest BCUT2D eigenvalue weighted by atomic mass is 16.5. The van der Waals surface area contributed by atoms with Crippen LogP contribution in [-0.2, 0) is 21.5 Å². The summed E-state index contributed by atoms with van der Waals surface area (Å²) in [6, 6.07) is 1.36. The minimum atomic E-state index is -0.584. The van der Waals surface area contributed by atoms with E-state index in [-0.39, 0.29) is 11.4 Å². The molecule has 1 aliphatic carbocycles. The first-order chi connectivity index (χ1) is 7.65. The number of carbonyl (C=O) groups excluding carboxylic acids is 1. The number of esters is 1. The monoisotopic (exact) mass is 223 g/mol. The molecule has 2 N–H and O–H groups in total. The van der Waals surface area contributed by atoms with Gasteiger partial charge >= 0.3 is 5.97 Å². The summed E-state index contributed by atoms with van der Waals surface area (Å²) in [5.41, 5.74) is 6.77. The largest absolute Gasteiger partial charge is 0.468 e. The Bertz CT molecular complexity index is 396. The lowest BCUT2D eigenvalue weighted by Gasteiger charge is -2.21. The zero-order valence-electron chi connectivity index (χ0n) is 9.64. The first kappa shape index (κ1) is 11.1. The Morgan fingerprint density at radius 1 is 1.75 bits per heavy atom. The first-order valence-electron chi connectivity index (χ1n) is 5.51. The van der Waals surface area contributed by atoms with Gasteiger partial charge in [-0.3, -0.25) is 9.48 Å². The number of aryl methyl sites for hydroxylation is 1. The van der Waals surface area contributed by atoms with Crippen LogP contribution in [0.1, 0.15) is 25.5 Å². The second kappa shape index (κ2) is 3.90. The summed E-state index contributed by atoms with van der Waals surface area (Å²) in [7, 11) is 1.37. The SMILES string of the molecule is CCn1nccc1C1(C(N)C(=O)OC)CC1. The average molecular weight is 223 g/mol. The number of methoxy groups -OCH3 is 1. The fourth-order valence-electron chi connectivity index (χ4n) is 2.22. The lowest BCUT2D eigenvalue weighted by Crippen LogP contribution is -2.43. The van der Waals surface area contributed by atoms with Crippen LogP contribution in [0, 0.1) is 0 Å². The third-order valence-electron chi connectivity index (χ3n) is 3.37. The molecule has 2 rings (SSSR count). The fraction of sp³-hybridized carbons (Fsp3) is 0.636. The molecule has 0 radical (unpaired) electrons. The van der Waals surface area contributed by atoms with E-state index in [2.05, 4.69) is 5.10 Å². The number of ether oxygens (including phenoxy) is 1. The molecule has 88 valence electrons. The van der Waals surface area contributed by atoms with Crippen molar-refractivity contribution in [2.24, 2.45) is 5.73 Å². The second-order valence-corrected chi connectivity index (χ2v) is 4.19. The molecule has 1 fully saturated rings. The molecule has 1 aromatic heterocycles. The lowest BCUT2D eigenvalue weighted by atomic mass is 9.93. The van der Waals surface area contributed by atoms with E-state index in [0.29, 0.717) is 0 Å². The summed E-state index contributed by atoms with van der Waals surface area (Å²) in [4.78, 5) is 11.5. The molecule has 1 unspecified atom stereocenters. The normalized spacial score (nSPS) is 19.2. The van der Waals surface area contributed by atoms with Gasteiger partial charge < -0.3 is 10.5 Å². The molecule has 5 heteroatoms. The Kier molecular flexibility index (Phi) is 2.71. The standard InChI is InChI=1S/C11H17N3O2/c1-3-14-8(4-7-13-14)11(5-6-11)9(12)10(15)16-2/h4,7,9H,3,5-6,12H2,1-2H3. The number of rotatable bonds is 4. The van der Waals surface area contributed by atoms with Crippen molar-refractivity contribution in [3.63, 3.8) is 0 Å². The van der Waals surface area contributed by atoms with Gasteiger partial charge in [-0.25, -0.2) is 0 Å². The molecule has 1 aromatic rings. The molecule has 1 aliphatic rings. The van der Waals surface area contributed by atoms with E-state index in [4.69, 9.17) is 10.5 Å². The van der Waals surface area contributed by atoms with Crippen LogP contribution < -0.4 is 5.73 Å². The molecule has 16 heavy (non-hydrogen) atoms. The van der Waals surface area contributed by atoms with Gasteiger partial charge in [0.05, 0.1) is 7.11 Å². The lowest BCUT2D eigenvalue weighted by molar-refractivity contribution is -0.143. The topological polar surface area (TPSA) is 70.1 Å². The molecule has 1 atom stereocenters. The summed E-state index contributed by atoms with van der Waals surface area (Å²) < 4.78 is 6.61. The Morgan fingerprint density at radius 3 is 2.94 bits per heavy atom. The molecule has 0 spiro atoms. The molecular formula is C11H17N3O2. The number of nitrogens with zero attached hydrogens (tertiary/aromatic N) is 2. The van der Waals surface area contributed by atoms with E-state index >= 15 is 0 Å². The minimum absolute atomic E-state index is 0.250. The van der Waals surface area contributed by atoms with Crippen molar-refractivity contribution < 1.29 is 9.53 Å². The van der Waals surface area contributed by atoms with E-state index in [1.807, 2.05) is 17.7 Å². The molecular weight excluding hydrogens is 206 g/mol. The average Bonchev–Trinajstić information content (AvgIpc) is 2.98. The molecule has 0 aromatic carbocycles. The second-order valence-electron chi connectivity index (χ2n) is 4.19. The van der Waals surface area contributed by atoms with Crippen molar-refractivity contribution in [2.45, 2.75) is 37.8 Å². The highest BCUT2D eigenvalue weighted by molar-refractivity contribution is 5.78. The molecule has 0 aliphatic heterocycles. The summed E-state index contributed by atoms with van der Waals surface area (Å²) in [6.07, 6.45) is 3.60. The van der Waals surface area contributed by atoms with Crippen LogP contribution in [0.2, 0.25) is 0 Å². The Balaban J connectivity index is 2.29. The maximum absolute atomic E-state index is 11.5. The predicted molar refractivity (Wildman–Crippen MR) is 58.8 cm³/mol. The van der Waals surface area contributed by atoms with Crippen molar-refractivity contribution in [3.05, 3.63) is 18.0 Å². The van der Waals surface area contributed by atoms with Gasteiger partial charge in [0.2, 0.25) is 0 Å². The first-order valence-corrected chi connectivity index (χ1v) is 5.51. The van der Waals surface area contributed by atoms with Crippen molar-refractivity contribution in [1.29, 1.82) is 0 Å². The van der Waals surface area contributed by atoms with E-state index in [1.165, 1.54) is 7.11 Å². The predicted octanol–water partition coefficient (Wildman–Crippen LogP) is 0.435. The van der Waals surface area contributed by atoms with Crippen molar-refractivity contribution in [3.8, 4) is 0 Å². The molecule has 1 saturated carbocycles. The van der Waals surface area contributed by atoms with E-state index < -0.39 is 6.04 Å². The summed E-state index contributed by atoms with van der Waals surface area (Å²) in [6.45, 7) is 2.81. The Labute approximate surface area is 94.6 Å². The smallest absolute Gasteiger partial charge is 0.323 e. The maximum atomic E-state index is 11.5. The van der Waals surface area contributed by atoms with Gasteiger partial charge in [-0.1, -0.05) is 0 Å². The summed E-state index contributed by atoms with van der Waals surface area (Å²) >= 11 is 0. The van der Waals surface area contributed by atoms with Crippen molar-refractivity contribution in [2.75, 3.05) is 7.11 Å². The number of nitrogens with two attached hydrogens (primary N) is 1. The maximum Gasteiger partial charge on any atom is 0.323 e. The van der Waals surface area contributed by atoms with Crippen LogP contribution in [0.25, 0.3) is 0 Å². The van der Waals surface area contributed by atoms with Crippen LogP contribution in [0.4, 0.5) is 0 Å². The van der Waals surface area contributed by atoms with Gasteiger partial charge in [0.15, 0.2) is 0 Å². The van der Waals surface area contributed by atoms with Gasteiger partial charge in [0, 0.05) is 23.9 Å². The van der Waals surface area contributed by atoms with E-state index in [9.17, 15) is 4.79 Å². The number of hydrogen-bond acceptors (Lipinski definition) is 4. The van der Waals surface area contributed by atoms with Gasteiger partial charge in [-0.15, -0.1) is 0 Å². The van der Waals surface area contributed by atoms with Crippen LogP contribution >= 0.6 is 0 Å². The van der Waals surface area contributed by atoms with Crippen LogP contribution in [0.5, 0.6) is 0 Å².